The minimum atomic E-state index is 0.154. The zero-order valence-electron chi connectivity index (χ0n) is 17.0. The molecule has 2 aromatic heterocycles. The van der Waals surface area contributed by atoms with Gasteiger partial charge in [0.2, 0.25) is 0 Å². The maximum atomic E-state index is 9.50. The Hall–Kier alpha value is -2.64. The molecule has 0 bridgehead atoms. The van der Waals surface area contributed by atoms with Crippen molar-refractivity contribution in [1.82, 2.24) is 20.1 Å². The Labute approximate surface area is 170 Å². The molecular formula is C22H28N6O. The third-order valence-electron chi connectivity index (χ3n) is 6.31. The molecule has 3 aromatic rings. The van der Waals surface area contributed by atoms with E-state index in [1.54, 1.807) is 0 Å². The zero-order valence-corrected chi connectivity index (χ0v) is 17.0. The SMILES string of the molecule is C[C@H]1CN(c2ccnc3c2cnn3C)Cc2ccc(N3CCN[C@H](CO)C3)cc21. The van der Waals surface area contributed by atoms with Crippen molar-refractivity contribution in [2.45, 2.75) is 25.4 Å². The van der Waals surface area contributed by atoms with Gasteiger partial charge in [0.25, 0.3) is 0 Å². The number of rotatable bonds is 3. The molecule has 2 atom stereocenters. The van der Waals surface area contributed by atoms with E-state index in [2.05, 4.69) is 56.4 Å². The Balaban J connectivity index is 1.43. The van der Waals surface area contributed by atoms with Crippen molar-refractivity contribution in [3.8, 4) is 0 Å². The highest BCUT2D eigenvalue weighted by Gasteiger charge is 2.26. The number of piperazine rings is 1. The van der Waals surface area contributed by atoms with Crippen LogP contribution in [-0.2, 0) is 13.6 Å². The van der Waals surface area contributed by atoms with Crippen molar-refractivity contribution in [3.63, 3.8) is 0 Å². The summed E-state index contributed by atoms with van der Waals surface area (Å²) in [5.41, 5.74) is 6.22. The number of aliphatic hydroxyl groups excluding tert-OH is 1. The van der Waals surface area contributed by atoms with Gasteiger partial charge in [0.05, 0.1) is 23.9 Å². The second kappa shape index (κ2) is 7.31. The summed E-state index contributed by atoms with van der Waals surface area (Å²) in [6.45, 7) is 7.11. The third kappa shape index (κ3) is 3.24. The van der Waals surface area contributed by atoms with E-state index in [9.17, 15) is 5.11 Å². The van der Waals surface area contributed by atoms with Crippen molar-refractivity contribution in [2.75, 3.05) is 42.6 Å². The molecule has 7 heteroatoms. The van der Waals surface area contributed by atoms with Gasteiger partial charge >= 0.3 is 0 Å². The zero-order chi connectivity index (χ0) is 20.0. The molecule has 29 heavy (non-hydrogen) atoms. The number of aliphatic hydroxyl groups is 1. The summed E-state index contributed by atoms with van der Waals surface area (Å²) in [5.74, 6) is 0.440. The van der Waals surface area contributed by atoms with Crippen LogP contribution in [0.3, 0.4) is 0 Å². The molecule has 4 heterocycles. The molecule has 1 fully saturated rings. The summed E-state index contributed by atoms with van der Waals surface area (Å²) in [6, 6.07) is 9.14. The molecule has 1 saturated heterocycles. The smallest absolute Gasteiger partial charge is 0.159 e. The Kier molecular flexibility index (Phi) is 4.64. The summed E-state index contributed by atoms with van der Waals surface area (Å²) in [5, 5.41) is 18.4. The van der Waals surface area contributed by atoms with Crippen LogP contribution in [0, 0.1) is 0 Å². The third-order valence-corrected chi connectivity index (χ3v) is 6.31. The molecule has 1 aromatic carbocycles. The topological polar surface area (TPSA) is 69.5 Å². The van der Waals surface area contributed by atoms with E-state index in [1.165, 1.54) is 22.5 Å². The summed E-state index contributed by atoms with van der Waals surface area (Å²) < 4.78 is 1.83. The Morgan fingerprint density at radius 2 is 2.10 bits per heavy atom. The predicted molar refractivity (Wildman–Crippen MR) is 116 cm³/mol. The van der Waals surface area contributed by atoms with Crippen LogP contribution in [0.2, 0.25) is 0 Å². The largest absolute Gasteiger partial charge is 0.395 e. The van der Waals surface area contributed by atoms with Crippen LogP contribution in [0.4, 0.5) is 11.4 Å². The quantitative estimate of drug-likeness (QED) is 0.709. The highest BCUT2D eigenvalue weighted by atomic mass is 16.3. The van der Waals surface area contributed by atoms with E-state index < -0.39 is 0 Å². The van der Waals surface area contributed by atoms with Crippen LogP contribution in [0.5, 0.6) is 0 Å². The van der Waals surface area contributed by atoms with Gasteiger partial charge in [-0.05, 0) is 35.2 Å². The average Bonchev–Trinajstić information content (AvgIpc) is 3.14. The lowest BCUT2D eigenvalue weighted by Gasteiger charge is -2.38. The minimum absolute atomic E-state index is 0.154. The van der Waals surface area contributed by atoms with Gasteiger partial charge in [-0.25, -0.2) is 4.98 Å². The number of anilines is 2. The van der Waals surface area contributed by atoms with Gasteiger partial charge in [-0.3, -0.25) is 4.68 Å². The molecule has 0 saturated carbocycles. The first-order valence-electron chi connectivity index (χ1n) is 10.4. The second-order valence-electron chi connectivity index (χ2n) is 8.28. The maximum absolute atomic E-state index is 9.50. The van der Waals surface area contributed by atoms with Crippen LogP contribution in [-0.4, -0.2) is 58.7 Å². The first kappa shape index (κ1) is 18.4. The molecule has 5 rings (SSSR count). The summed E-state index contributed by atoms with van der Waals surface area (Å²) in [6.07, 6.45) is 3.80. The lowest BCUT2D eigenvalue weighted by atomic mass is 9.90. The van der Waals surface area contributed by atoms with Crippen molar-refractivity contribution in [3.05, 3.63) is 47.8 Å². The molecule has 152 valence electrons. The summed E-state index contributed by atoms with van der Waals surface area (Å²) in [4.78, 5) is 9.32. The molecule has 0 spiro atoms. The standard InChI is InChI=1S/C22H28N6O/c1-15-11-28(21-5-6-24-22-20(21)10-25-26(22)2)12-16-3-4-18(9-19(15)16)27-8-7-23-17(13-27)14-29/h3-6,9-10,15,17,23,29H,7-8,11-14H2,1-2H3/t15-,17-/m0/s1. The van der Waals surface area contributed by atoms with Gasteiger partial charge in [-0.15, -0.1) is 0 Å². The minimum Gasteiger partial charge on any atom is -0.395 e. The fourth-order valence-corrected chi connectivity index (χ4v) is 4.76. The van der Waals surface area contributed by atoms with Gasteiger partial charge in [-0.1, -0.05) is 13.0 Å². The molecule has 0 amide bonds. The number of hydrogen-bond donors (Lipinski definition) is 2. The Morgan fingerprint density at radius 3 is 2.97 bits per heavy atom. The number of pyridine rings is 1. The van der Waals surface area contributed by atoms with E-state index in [4.69, 9.17) is 0 Å². The normalized spacial score (nSPS) is 22.2. The van der Waals surface area contributed by atoms with Gasteiger partial charge in [0.15, 0.2) is 5.65 Å². The lowest BCUT2D eigenvalue weighted by molar-refractivity contribution is 0.235. The number of nitrogens with zero attached hydrogens (tertiary/aromatic N) is 5. The monoisotopic (exact) mass is 392 g/mol. The van der Waals surface area contributed by atoms with Crippen LogP contribution < -0.4 is 15.1 Å². The van der Waals surface area contributed by atoms with Gasteiger partial charge in [-0.2, -0.15) is 5.10 Å². The summed E-state index contributed by atoms with van der Waals surface area (Å²) in [7, 11) is 1.94. The van der Waals surface area contributed by atoms with Gasteiger partial charge in [0.1, 0.15) is 0 Å². The van der Waals surface area contributed by atoms with E-state index in [1.807, 2.05) is 24.1 Å². The van der Waals surface area contributed by atoms with E-state index >= 15 is 0 Å². The fraction of sp³-hybridized carbons (Fsp3) is 0.455. The summed E-state index contributed by atoms with van der Waals surface area (Å²) >= 11 is 0. The first-order chi connectivity index (χ1) is 14.1. The number of fused-ring (bicyclic) bond motifs is 2. The van der Waals surface area contributed by atoms with Gasteiger partial charge < -0.3 is 20.2 Å². The van der Waals surface area contributed by atoms with Crippen LogP contribution in [0.25, 0.3) is 11.0 Å². The van der Waals surface area contributed by atoms with Crippen molar-refractivity contribution < 1.29 is 5.11 Å². The molecular weight excluding hydrogens is 364 g/mol. The van der Waals surface area contributed by atoms with Crippen molar-refractivity contribution in [2.24, 2.45) is 7.05 Å². The molecule has 0 unspecified atom stereocenters. The van der Waals surface area contributed by atoms with Crippen LogP contribution in [0.15, 0.2) is 36.7 Å². The molecule has 2 aliphatic heterocycles. The van der Waals surface area contributed by atoms with E-state index in [-0.39, 0.29) is 12.6 Å². The number of hydrogen-bond acceptors (Lipinski definition) is 6. The maximum Gasteiger partial charge on any atom is 0.159 e. The average molecular weight is 393 g/mol. The van der Waals surface area contributed by atoms with Crippen LogP contribution >= 0.6 is 0 Å². The highest BCUT2D eigenvalue weighted by Crippen LogP contribution is 2.36. The number of nitrogens with one attached hydrogen (secondary N) is 1. The van der Waals surface area contributed by atoms with Gasteiger partial charge in [0, 0.05) is 57.7 Å². The molecule has 7 nitrogen and oxygen atoms in total. The van der Waals surface area contributed by atoms with E-state index in [0.717, 1.165) is 43.8 Å². The highest BCUT2D eigenvalue weighted by molar-refractivity contribution is 5.89. The first-order valence-corrected chi connectivity index (χ1v) is 10.4. The van der Waals surface area contributed by atoms with Crippen LogP contribution in [0.1, 0.15) is 24.0 Å². The van der Waals surface area contributed by atoms with Crippen molar-refractivity contribution in [1.29, 1.82) is 0 Å². The Morgan fingerprint density at radius 1 is 1.21 bits per heavy atom. The number of benzene rings is 1. The van der Waals surface area contributed by atoms with E-state index in [0.29, 0.717) is 5.92 Å². The number of aromatic nitrogens is 3. The molecule has 0 aliphatic carbocycles. The Bertz CT molecular complexity index is 1030. The van der Waals surface area contributed by atoms with Crippen molar-refractivity contribution >= 4 is 22.4 Å². The lowest BCUT2D eigenvalue weighted by Crippen LogP contribution is -2.52. The molecule has 2 aliphatic rings. The second-order valence-corrected chi connectivity index (χ2v) is 8.28. The molecule has 0 radical (unpaired) electrons. The fourth-order valence-electron chi connectivity index (χ4n) is 4.76. The molecule has 2 N–H and O–H groups in total. The number of aryl methyl sites for hydroxylation is 1. The predicted octanol–water partition coefficient (Wildman–Crippen LogP) is 1.86.